The van der Waals surface area contributed by atoms with Gasteiger partial charge >= 0.3 is 6.09 Å². The largest absolute Gasteiger partial charge is 0.465 e. The summed E-state index contributed by atoms with van der Waals surface area (Å²) in [5, 5.41) is 11.5. The molecule has 5 heteroatoms. The number of nitrogens with zero attached hydrogens (tertiary/aromatic N) is 1. The summed E-state index contributed by atoms with van der Waals surface area (Å²) < 4.78 is 0. The molecule has 1 aliphatic carbocycles. The Kier molecular flexibility index (Phi) is 4.06. The molecule has 0 saturated carbocycles. The van der Waals surface area contributed by atoms with E-state index in [0.717, 1.165) is 24.1 Å². The molecule has 2 aromatic rings. The highest BCUT2D eigenvalue weighted by molar-refractivity contribution is 5.67. The van der Waals surface area contributed by atoms with Crippen molar-refractivity contribution >= 4 is 6.09 Å². The highest BCUT2D eigenvalue weighted by Crippen LogP contribution is 2.23. The van der Waals surface area contributed by atoms with Crippen LogP contribution in [-0.2, 0) is 19.3 Å². The Morgan fingerprint density at radius 2 is 2.00 bits per heavy atom. The molecule has 1 aromatic carbocycles. The molecular weight excluding hydrogens is 278 g/mol. The molecule has 4 N–H and O–H groups in total. The number of fused-ring (bicyclic) bond motifs is 1. The summed E-state index contributed by atoms with van der Waals surface area (Å²) in [6, 6.07) is 12.3. The molecule has 0 saturated heterocycles. The number of hydrogen-bond acceptors (Lipinski definition) is 3. The molecule has 113 valence electrons. The van der Waals surface area contributed by atoms with Crippen molar-refractivity contribution in [2.75, 3.05) is 0 Å². The summed E-state index contributed by atoms with van der Waals surface area (Å²) in [4.78, 5) is 15.5. The third-order valence-electron chi connectivity index (χ3n) is 3.84. The molecule has 1 unspecified atom stereocenters. The van der Waals surface area contributed by atoms with E-state index in [1.807, 2.05) is 42.6 Å². The lowest BCUT2D eigenvalue weighted by molar-refractivity contribution is 0.195. The van der Waals surface area contributed by atoms with Crippen molar-refractivity contribution in [3.8, 4) is 0 Å². The fourth-order valence-electron chi connectivity index (χ4n) is 2.85. The molecular formula is C17H18N3O2. The molecule has 1 amide bonds. The second-order valence-electron chi connectivity index (χ2n) is 5.56. The van der Waals surface area contributed by atoms with Gasteiger partial charge in [-0.25, -0.2) is 4.79 Å². The molecule has 1 atom stereocenters. The number of hydrogen-bond donors (Lipinski definition) is 3. The highest BCUT2D eigenvalue weighted by Gasteiger charge is 2.21. The van der Waals surface area contributed by atoms with Crippen LogP contribution in [0.4, 0.5) is 4.79 Å². The fraction of sp³-hybridized carbons (Fsp3) is 0.235. The van der Waals surface area contributed by atoms with Crippen molar-refractivity contribution in [2.45, 2.75) is 25.3 Å². The van der Waals surface area contributed by atoms with Gasteiger partial charge in [0.1, 0.15) is 6.04 Å². The van der Waals surface area contributed by atoms with E-state index in [1.165, 1.54) is 11.1 Å². The first kappa shape index (κ1) is 14.5. The first-order valence-corrected chi connectivity index (χ1v) is 7.25. The van der Waals surface area contributed by atoms with Crippen LogP contribution in [0.25, 0.3) is 0 Å². The number of nitrogens with one attached hydrogen (secondary N) is 1. The highest BCUT2D eigenvalue weighted by atomic mass is 16.4. The molecule has 1 aliphatic rings. The summed E-state index contributed by atoms with van der Waals surface area (Å²) in [7, 11) is 0. The lowest BCUT2D eigenvalue weighted by atomic mass is 10.0. The van der Waals surface area contributed by atoms with Gasteiger partial charge in [-0.2, -0.15) is 0 Å². The van der Waals surface area contributed by atoms with Gasteiger partial charge in [-0.05, 0) is 35.6 Å². The van der Waals surface area contributed by atoms with Gasteiger partial charge in [-0.3, -0.25) is 4.98 Å². The van der Waals surface area contributed by atoms with Crippen molar-refractivity contribution in [3.05, 3.63) is 71.0 Å². The monoisotopic (exact) mass is 296 g/mol. The molecule has 0 bridgehead atoms. The van der Waals surface area contributed by atoms with Gasteiger partial charge in [-0.1, -0.05) is 30.3 Å². The van der Waals surface area contributed by atoms with E-state index in [0.29, 0.717) is 12.5 Å². The summed E-state index contributed by atoms with van der Waals surface area (Å²) in [5.41, 5.74) is 10.1. The second-order valence-corrected chi connectivity index (χ2v) is 5.56. The summed E-state index contributed by atoms with van der Waals surface area (Å²) >= 11 is 0. The van der Waals surface area contributed by atoms with Crippen LogP contribution in [0.5, 0.6) is 0 Å². The van der Waals surface area contributed by atoms with E-state index in [9.17, 15) is 4.79 Å². The van der Waals surface area contributed by atoms with E-state index >= 15 is 0 Å². The maximum Gasteiger partial charge on any atom is 0.405 e. The molecule has 0 spiro atoms. The third-order valence-corrected chi connectivity index (χ3v) is 3.84. The van der Waals surface area contributed by atoms with Crippen molar-refractivity contribution in [2.24, 2.45) is 5.73 Å². The van der Waals surface area contributed by atoms with Crippen molar-refractivity contribution in [1.29, 1.82) is 0 Å². The van der Waals surface area contributed by atoms with Crippen LogP contribution >= 0.6 is 0 Å². The van der Waals surface area contributed by atoms with Gasteiger partial charge in [0, 0.05) is 24.4 Å². The lowest BCUT2D eigenvalue weighted by Gasteiger charge is -2.16. The fourth-order valence-corrected chi connectivity index (χ4v) is 2.85. The Morgan fingerprint density at radius 1 is 1.27 bits per heavy atom. The number of benzene rings is 1. The van der Waals surface area contributed by atoms with E-state index < -0.39 is 6.09 Å². The van der Waals surface area contributed by atoms with Crippen molar-refractivity contribution in [3.63, 3.8) is 0 Å². The first-order valence-electron chi connectivity index (χ1n) is 7.25. The minimum atomic E-state index is -1.07. The number of amides is 1. The number of rotatable bonds is 4. The van der Waals surface area contributed by atoms with Gasteiger partial charge in [0.05, 0.1) is 0 Å². The number of pyridine rings is 1. The minimum Gasteiger partial charge on any atom is -0.465 e. The van der Waals surface area contributed by atoms with Crippen molar-refractivity contribution < 1.29 is 9.90 Å². The van der Waals surface area contributed by atoms with Crippen molar-refractivity contribution in [1.82, 2.24) is 10.3 Å². The molecule has 22 heavy (non-hydrogen) atoms. The average molecular weight is 296 g/mol. The maximum atomic E-state index is 11.0. The molecule has 0 aliphatic heterocycles. The standard InChI is InChI=1S/C17H18N3O2/c18-14-6-12-8-15(19-10-13(12)7-14)9-16(20-17(21)22)11-4-2-1-3-5-11/h1-5,8,10,14,20H,6-7,9,18H2,(H,21,22). The molecule has 1 heterocycles. The van der Waals surface area contributed by atoms with Crippen LogP contribution in [0.3, 0.4) is 0 Å². The molecule has 3 rings (SSSR count). The quantitative estimate of drug-likeness (QED) is 0.804. The van der Waals surface area contributed by atoms with E-state index in [1.54, 1.807) is 0 Å². The Bertz CT molecular complexity index is 673. The molecule has 1 radical (unpaired) electrons. The van der Waals surface area contributed by atoms with Crippen LogP contribution < -0.4 is 11.1 Å². The Morgan fingerprint density at radius 3 is 2.73 bits per heavy atom. The predicted molar refractivity (Wildman–Crippen MR) is 83.3 cm³/mol. The minimum absolute atomic E-state index is 0.168. The van der Waals surface area contributed by atoms with E-state index in [4.69, 9.17) is 10.8 Å². The second kappa shape index (κ2) is 6.15. The van der Waals surface area contributed by atoms with Gasteiger partial charge in [-0.15, -0.1) is 0 Å². The van der Waals surface area contributed by atoms with Crippen LogP contribution in [0.1, 0.15) is 22.4 Å². The van der Waals surface area contributed by atoms with E-state index in [2.05, 4.69) is 10.3 Å². The van der Waals surface area contributed by atoms with Gasteiger partial charge in [0.2, 0.25) is 0 Å². The smallest absolute Gasteiger partial charge is 0.405 e. The molecule has 5 nitrogen and oxygen atoms in total. The third kappa shape index (κ3) is 3.26. The SMILES string of the molecule is NC1Cc2cnc(C[C](NC(=O)O)c3ccccc3)cc2C1. The number of nitrogens with two attached hydrogens (primary N) is 1. The summed E-state index contributed by atoms with van der Waals surface area (Å²) in [6.45, 7) is 0. The van der Waals surface area contributed by atoms with Gasteiger partial charge in [0.15, 0.2) is 0 Å². The van der Waals surface area contributed by atoms with Crippen LogP contribution in [0.15, 0.2) is 42.6 Å². The Balaban J connectivity index is 1.82. The normalized spacial score (nSPS) is 16.5. The predicted octanol–water partition coefficient (Wildman–Crippen LogP) is 1.90. The topological polar surface area (TPSA) is 88.2 Å². The molecule has 0 fully saturated rings. The first-order chi connectivity index (χ1) is 10.6. The summed E-state index contributed by atoms with van der Waals surface area (Å²) in [6.07, 6.45) is 2.96. The number of carboxylic acid groups (broad SMARTS) is 1. The number of aromatic nitrogens is 1. The number of carbonyl (C=O) groups is 1. The lowest BCUT2D eigenvalue weighted by Crippen LogP contribution is -2.29. The molecule has 1 aromatic heterocycles. The van der Waals surface area contributed by atoms with Crippen LogP contribution in [-0.4, -0.2) is 22.2 Å². The maximum absolute atomic E-state index is 11.0. The van der Waals surface area contributed by atoms with Crippen LogP contribution in [0.2, 0.25) is 0 Å². The Labute approximate surface area is 129 Å². The van der Waals surface area contributed by atoms with Gasteiger partial charge < -0.3 is 16.2 Å². The zero-order chi connectivity index (χ0) is 15.5. The summed E-state index contributed by atoms with van der Waals surface area (Å²) in [5.74, 6) is 0. The average Bonchev–Trinajstić information content (AvgIpc) is 2.86. The zero-order valence-electron chi connectivity index (χ0n) is 12.1. The van der Waals surface area contributed by atoms with Crippen LogP contribution in [0, 0.1) is 6.04 Å². The van der Waals surface area contributed by atoms with E-state index in [-0.39, 0.29) is 6.04 Å². The zero-order valence-corrected chi connectivity index (χ0v) is 12.1. The van der Waals surface area contributed by atoms with Gasteiger partial charge in [0.25, 0.3) is 0 Å². The Hall–Kier alpha value is -2.40.